The second kappa shape index (κ2) is 8.92. The van der Waals surface area contributed by atoms with Crippen LogP contribution in [-0.4, -0.2) is 47.5 Å². The Morgan fingerprint density at radius 2 is 1.97 bits per heavy atom. The van der Waals surface area contributed by atoms with E-state index in [2.05, 4.69) is 15.5 Å². The Morgan fingerprint density at radius 3 is 2.62 bits per heavy atom. The number of rotatable bonds is 5. The van der Waals surface area contributed by atoms with Crippen LogP contribution in [0.4, 0.5) is 10.2 Å². The molecule has 166 valence electrons. The lowest BCUT2D eigenvalue weighted by molar-refractivity contribution is 0.0363. The molecule has 3 aromatic rings. The molecule has 2 atom stereocenters. The number of halogens is 1. The number of anilines is 1. The quantitative estimate of drug-likeness (QED) is 0.640. The van der Waals surface area contributed by atoms with Crippen molar-refractivity contribution in [3.63, 3.8) is 0 Å². The number of carbonyl (C=O) groups excluding carboxylic acids is 1. The zero-order chi connectivity index (χ0) is 22.7. The van der Waals surface area contributed by atoms with Crippen molar-refractivity contribution in [1.29, 1.82) is 0 Å². The summed E-state index contributed by atoms with van der Waals surface area (Å²) in [5.74, 6) is -0.144. The van der Waals surface area contributed by atoms with E-state index in [4.69, 9.17) is 4.74 Å². The molecule has 1 amide bonds. The van der Waals surface area contributed by atoms with Gasteiger partial charge in [-0.05, 0) is 49.2 Å². The first-order valence-electron chi connectivity index (χ1n) is 10.4. The molecular formula is C24H25FN4O3. The maximum Gasteiger partial charge on any atom is 0.255 e. The van der Waals surface area contributed by atoms with Gasteiger partial charge in [0.15, 0.2) is 5.82 Å². The average Bonchev–Trinajstić information content (AvgIpc) is 2.81. The van der Waals surface area contributed by atoms with Crippen molar-refractivity contribution in [3.8, 4) is 5.75 Å². The second-order valence-electron chi connectivity index (χ2n) is 7.88. The second-order valence-corrected chi connectivity index (χ2v) is 7.88. The summed E-state index contributed by atoms with van der Waals surface area (Å²) in [6.45, 7) is 2.63. The first-order valence-corrected chi connectivity index (χ1v) is 10.4. The van der Waals surface area contributed by atoms with Gasteiger partial charge in [0.05, 0.1) is 30.0 Å². The third-order valence-electron chi connectivity index (χ3n) is 5.88. The van der Waals surface area contributed by atoms with Crippen LogP contribution in [0.2, 0.25) is 0 Å². The molecule has 1 aliphatic heterocycles. The van der Waals surface area contributed by atoms with Crippen LogP contribution in [0.5, 0.6) is 5.75 Å². The summed E-state index contributed by atoms with van der Waals surface area (Å²) in [5, 5.41) is 22.6. The Balaban J connectivity index is 1.67. The summed E-state index contributed by atoms with van der Waals surface area (Å²) in [6, 6.07) is 16.8. The van der Waals surface area contributed by atoms with Gasteiger partial charge < -0.3 is 20.1 Å². The molecule has 1 fully saturated rings. The lowest BCUT2D eigenvalue weighted by Crippen LogP contribution is -2.62. The number of amides is 1. The molecule has 4 rings (SSSR count). The van der Waals surface area contributed by atoms with Crippen molar-refractivity contribution >= 4 is 11.7 Å². The van der Waals surface area contributed by atoms with Gasteiger partial charge in [0.25, 0.3) is 5.91 Å². The van der Waals surface area contributed by atoms with E-state index in [9.17, 15) is 14.3 Å². The lowest BCUT2D eigenvalue weighted by Gasteiger charge is -2.46. The normalized spacial score (nSPS) is 20.6. The van der Waals surface area contributed by atoms with Crippen molar-refractivity contribution in [2.45, 2.75) is 25.0 Å². The first kappa shape index (κ1) is 21.7. The van der Waals surface area contributed by atoms with Crippen LogP contribution in [-0.2, 0) is 5.54 Å². The minimum Gasteiger partial charge on any atom is -0.496 e. The van der Waals surface area contributed by atoms with E-state index in [-0.39, 0.29) is 17.9 Å². The van der Waals surface area contributed by atoms with Gasteiger partial charge in [0.1, 0.15) is 11.6 Å². The van der Waals surface area contributed by atoms with E-state index in [1.165, 1.54) is 19.2 Å². The standard InChI is InChI=1S/C24H25FN4O3/c1-16-8-11-22(28-27-16)29-13-12-24(21(30)15-29,17-6-4-3-5-7-17)26-23(31)19-14-18(25)9-10-20(19)32-2/h3-11,14,21,30H,12-13,15H2,1-2H3,(H,26,31)/t21-,24-/m1/s1. The molecule has 0 spiro atoms. The molecule has 2 aromatic carbocycles. The number of benzene rings is 2. The molecule has 1 saturated heterocycles. The van der Waals surface area contributed by atoms with E-state index >= 15 is 0 Å². The van der Waals surface area contributed by atoms with Gasteiger partial charge in [0, 0.05) is 13.1 Å². The van der Waals surface area contributed by atoms with Gasteiger partial charge in [-0.15, -0.1) is 5.10 Å². The molecule has 1 aromatic heterocycles. The molecule has 32 heavy (non-hydrogen) atoms. The number of piperidine rings is 1. The fraction of sp³-hybridized carbons (Fsp3) is 0.292. The Hall–Kier alpha value is -3.52. The average molecular weight is 436 g/mol. The van der Waals surface area contributed by atoms with Crippen molar-refractivity contribution in [3.05, 3.63) is 83.3 Å². The molecule has 0 unspecified atom stereocenters. The van der Waals surface area contributed by atoms with Gasteiger partial charge >= 0.3 is 0 Å². The number of hydrogen-bond acceptors (Lipinski definition) is 6. The zero-order valence-corrected chi connectivity index (χ0v) is 18.0. The van der Waals surface area contributed by atoms with Gasteiger partial charge in [-0.3, -0.25) is 4.79 Å². The number of aliphatic hydroxyl groups excluding tert-OH is 1. The summed E-state index contributed by atoms with van der Waals surface area (Å²) in [5.41, 5.74) is 0.582. The lowest BCUT2D eigenvalue weighted by atomic mass is 9.78. The molecule has 7 nitrogen and oxygen atoms in total. The fourth-order valence-corrected chi connectivity index (χ4v) is 4.12. The maximum absolute atomic E-state index is 13.9. The summed E-state index contributed by atoms with van der Waals surface area (Å²) in [4.78, 5) is 15.2. The SMILES string of the molecule is COc1ccc(F)cc1C(=O)N[C@@]1(c2ccccc2)CCN(c2ccc(C)nn2)C[C@H]1O. The molecule has 0 radical (unpaired) electrons. The Kier molecular flexibility index (Phi) is 6.05. The number of hydrogen-bond donors (Lipinski definition) is 2. The highest BCUT2D eigenvalue weighted by atomic mass is 19.1. The topological polar surface area (TPSA) is 87.6 Å². The van der Waals surface area contributed by atoms with Gasteiger partial charge in [0.2, 0.25) is 0 Å². The molecule has 0 bridgehead atoms. The summed E-state index contributed by atoms with van der Waals surface area (Å²) in [7, 11) is 1.42. The molecule has 1 aliphatic rings. The van der Waals surface area contributed by atoms with Crippen molar-refractivity contribution < 1.29 is 19.0 Å². The van der Waals surface area contributed by atoms with Crippen LogP contribution >= 0.6 is 0 Å². The molecule has 0 aliphatic carbocycles. The number of aromatic nitrogens is 2. The summed E-state index contributed by atoms with van der Waals surface area (Å²) < 4.78 is 19.1. The monoisotopic (exact) mass is 436 g/mol. The molecule has 8 heteroatoms. The number of carbonyl (C=O) groups is 1. The van der Waals surface area contributed by atoms with Gasteiger partial charge in [-0.2, -0.15) is 5.10 Å². The van der Waals surface area contributed by atoms with E-state index in [0.29, 0.717) is 18.8 Å². The van der Waals surface area contributed by atoms with Crippen LogP contribution in [0.1, 0.15) is 28.0 Å². The van der Waals surface area contributed by atoms with Crippen LogP contribution in [0.25, 0.3) is 0 Å². The highest BCUT2D eigenvalue weighted by Gasteiger charge is 2.45. The van der Waals surface area contributed by atoms with E-state index < -0.39 is 23.4 Å². The Bertz CT molecular complexity index is 1090. The molecule has 2 N–H and O–H groups in total. The third kappa shape index (κ3) is 4.13. The van der Waals surface area contributed by atoms with Crippen molar-refractivity contribution in [2.24, 2.45) is 0 Å². The molecule has 2 heterocycles. The minimum atomic E-state index is -1.07. The Labute approximate surface area is 185 Å². The van der Waals surface area contributed by atoms with Crippen molar-refractivity contribution in [2.75, 3.05) is 25.1 Å². The van der Waals surface area contributed by atoms with Crippen LogP contribution in [0.15, 0.2) is 60.7 Å². The van der Waals surface area contributed by atoms with Crippen LogP contribution < -0.4 is 15.0 Å². The van der Waals surface area contributed by atoms with Gasteiger partial charge in [-0.25, -0.2) is 4.39 Å². The smallest absolute Gasteiger partial charge is 0.255 e. The third-order valence-corrected chi connectivity index (χ3v) is 5.88. The molecular weight excluding hydrogens is 411 g/mol. The molecule has 0 saturated carbocycles. The highest BCUT2D eigenvalue weighted by Crippen LogP contribution is 2.35. The van der Waals surface area contributed by atoms with E-state index in [1.807, 2.05) is 54.3 Å². The maximum atomic E-state index is 13.9. The first-order chi connectivity index (χ1) is 15.4. The highest BCUT2D eigenvalue weighted by molar-refractivity contribution is 5.97. The minimum absolute atomic E-state index is 0.0711. The number of ether oxygens (including phenoxy) is 1. The van der Waals surface area contributed by atoms with E-state index in [0.717, 1.165) is 17.3 Å². The zero-order valence-electron chi connectivity index (χ0n) is 18.0. The Morgan fingerprint density at radius 1 is 1.19 bits per heavy atom. The number of nitrogens with one attached hydrogen (secondary N) is 1. The van der Waals surface area contributed by atoms with Gasteiger partial charge in [-0.1, -0.05) is 30.3 Å². The van der Waals surface area contributed by atoms with Crippen LogP contribution in [0.3, 0.4) is 0 Å². The summed E-state index contributed by atoms with van der Waals surface area (Å²) >= 11 is 0. The van der Waals surface area contributed by atoms with E-state index in [1.54, 1.807) is 0 Å². The predicted octanol–water partition coefficient (Wildman–Crippen LogP) is 2.83. The fourth-order valence-electron chi connectivity index (χ4n) is 4.12. The summed E-state index contributed by atoms with van der Waals surface area (Å²) in [6.07, 6.45) is -0.540. The number of aliphatic hydroxyl groups is 1. The van der Waals surface area contributed by atoms with Crippen molar-refractivity contribution in [1.82, 2.24) is 15.5 Å². The number of nitrogens with zero attached hydrogens (tertiary/aromatic N) is 3. The number of β-amino-alcohol motifs (C(OH)–C–C–N with tert-alkyl or cyclic N) is 1. The number of aryl methyl sites for hydroxylation is 1. The number of methoxy groups -OCH3 is 1. The largest absolute Gasteiger partial charge is 0.496 e. The predicted molar refractivity (Wildman–Crippen MR) is 118 cm³/mol. The van der Waals surface area contributed by atoms with Crippen LogP contribution in [0, 0.1) is 12.7 Å².